The minimum absolute atomic E-state index is 0.337. The van der Waals surface area contributed by atoms with Gasteiger partial charge in [-0.3, -0.25) is 0 Å². The maximum atomic E-state index is 14.2. The number of piperidine rings is 1. The van der Waals surface area contributed by atoms with Gasteiger partial charge in [-0.1, -0.05) is 30.2 Å². The second kappa shape index (κ2) is 13.8. The highest BCUT2D eigenvalue weighted by Crippen LogP contribution is 2.39. The summed E-state index contributed by atoms with van der Waals surface area (Å²) in [7, 11) is 0. The molecule has 1 aliphatic heterocycles. The third-order valence-electron chi connectivity index (χ3n) is 8.38. The monoisotopic (exact) mass is 654 g/mol. The highest BCUT2D eigenvalue weighted by Gasteiger charge is 2.37. The molecule has 4 aromatic rings. The lowest BCUT2D eigenvalue weighted by molar-refractivity contribution is -0.160. The number of rotatable bonds is 11. The lowest BCUT2D eigenvalue weighted by Crippen LogP contribution is -2.45. The van der Waals surface area contributed by atoms with Crippen LogP contribution in [0.25, 0.3) is 28.0 Å². The molecule has 1 fully saturated rings. The van der Waals surface area contributed by atoms with E-state index in [1.807, 2.05) is 58.0 Å². The zero-order valence-corrected chi connectivity index (χ0v) is 28.4. The second-order valence-corrected chi connectivity index (χ2v) is 13.4. The zero-order chi connectivity index (χ0) is 34.8. The summed E-state index contributed by atoms with van der Waals surface area (Å²) in [5.41, 5.74) is 3.37. The average molecular weight is 655 g/mol. The molecule has 0 amide bonds. The van der Waals surface area contributed by atoms with Crippen molar-refractivity contribution in [1.82, 2.24) is 14.6 Å². The summed E-state index contributed by atoms with van der Waals surface area (Å²) in [5.74, 6) is 1.94. The summed E-state index contributed by atoms with van der Waals surface area (Å²) >= 11 is 0. The van der Waals surface area contributed by atoms with E-state index in [1.54, 1.807) is 23.6 Å². The van der Waals surface area contributed by atoms with Gasteiger partial charge in [0.1, 0.15) is 17.4 Å². The van der Waals surface area contributed by atoms with Crippen molar-refractivity contribution in [3.05, 3.63) is 78.3 Å². The van der Waals surface area contributed by atoms with Crippen LogP contribution in [0.4, 0.5) is 10.2 Å². The number of aryl methyl sites for hydroxylation is 1. The number of benzene rings is 2. The molecule has 0 aliphatic carbocycles. The van der Waals surface area contributed by atoms with Crippen LogP contribution in [0.1, 0.15) is 64.8 Å². The van der Waals surface area contributed by atoms with Gasteiger partial charge in [-0.2, -0.15) is 9.61 Å². The molecular weight excluding hydrogens is 611 g/mol. The van der Waals surface area contributed by atoms with Crippen molar-refractivity contribution in [3.8, 4) is 40.5 Å². The van der Waals surface area contributed by atoms with E-state index in [9.17, 15) is 14.3 Å². The molecule has 1 saturated heterocycles. The van der Waals surface area contributed by atoms with Crippen LogP contribution in [0.2, 0.25) is 0 Å². The van der Waals surface area contributed by atoms with E-state index >= 15 is 0 Å². The number of ether oxygens (including phenoxy) is 3. The first-order valence-corrected chi connectivity index (χ1v) is 16.1. The van der Waals surface area contributed by atoms with Crippen LogP contribution in [-0.4, -0.2) is 62.7 Å². The van der Waals surface area contributed by atoms with Crippen LogP contribution >= 0.6 is 0 Å². The van der Waals surface area contributed by atoms with Crippen molar-refractivity contribution in [3.63, 3.8) is 0 Å². The fourth-order valence-corrected chi connectivity index (χ4v) is 5.95. The minimum atomic E-state index is -1.28. The number of fused-ring (bicyclic) bond motifs is 1. The molecule has 0 bridgehead atoms. The summed E-state index contributed by atoms with van der Waals surface area (Å²) in [5, 5.41) is 15.5. The molecule has 3 heterocycles. The minimum Gasteiger partial charge on any atom is -0.479 e. The van der Waals surface area contributed by atoms with Crippen molar-refractivity contribution in [2.45, 2.75) is 77.8 Å². The second-order valence-electron chi connectivity index (χ2n) is 13.4. The first kappa shape index (κ1) is 34.6. The normalized spacial score (nSPS) is 15.9. The number of halogens is 1. The molecule has 2 aromatic heterocycles. The van der Waals surface area contributed by atoms with E-state index < -0.39 is 29.6 Å². The molecule has 0 saturated carbocycles. The number of nitrogens with zero attached hydrogens (tertiary/aromatic N) is 4. The van der Waals surface area contributed by atoms with Crippen LogP contribution < -0.4 is 9.64 Å². The molecule has 0 radical (unpaired) electrons. The van der Waals surface area contributed by atoms with Crippen LogP contribution in [-0.2, 0) is 14.3 Å². The van der Waals surface area contributed by atoms with Gasteiger partial charge in [-0.15, -0.1) is 13.0 Å². The average Bonchev–Trinajstić information content (AvgIpc) is 3.46. The summed E-state index contributed by atoms with van der Waals surface area (Å²) in [4.78, 5) is 19.8. The topological polar surface area (TPSA) is 98.4 Å². The summed E-state index contributed by atoms with van der Waals surface area (Å²) < 4.78 is 34.1. The Balaban J connectivity index is 1.64. The van der Waals surface area contributed by atoms with E-state index in [2.05, 4.69) is 24.3 Å². The molecule has 0 spiro atoms. The van der Waals surface area contributed by atoms with Crippen LogP contribution in [0.15, 0.2) is 61.2 Å². The maximum Gasteiger partial charge on any atom is 0.337 e. The van der Waals surface area contributed by atoms with E-state index in [0.717, 1.165) is 24.0 Å². The predicted octanol–water partition coefficient (Wildman–Crippen LogP) is 7.41. The summed E-state index contributed by atoms with van der Waals surface area (Å²) in [6.07, 6.45) is 6.89. The number of hydrogen-bond donors (Lipinski definition) is 1. The van der Waals surface area contributed by atoms with Gasteiger partial charge in [-0.05, 0) is 78.1 Å². The van der Waals surface area contributed by atoms with Gasteiger partial charge in [0.25, 0.3) is 0 Å². The largest absolute Gasteiger partial charge is 0.479 e. The Morgan fingerprint density at radius 3 is 2.54 bits per heavy atom. The van der Waals surface area contributed by atoms with Crippen LogP contribution in [0, 0.1) is 25.1 Å². The smallest absolute Gasteiger partial charge is 0.337 e. The van der Waals surface area contributed by atoms with Gasteiger partial charge in [0.2, 0.25) is 0 Å². The Morgan fingerprint density at radius 2 is 1.90 bits per heavy atom. The van der Waals surface area contributed by atoms with Crippen molar-refractivity contribution < 1.29 is 28.5 Å². The molecule has 9 nitrogen and oxygen atoms in total. The Kier molecular flexibility index (Phi) is 9.94. The molecule has 2 atom stereocenters. The number of carboxylic acid groups (broad SMARTS) is 1. The summed E-state index contributed by atoms with van der Waals surface area (Å²) in [6, 6.07) is 13.9. The number of carbonyl (C=O) groups is 1. The molecular formula is C38H43FN4O5. The maximum absolute atomic E-state index is 14.2. The van der Waals surface area contributed by atoms with Gasteiger partial charge < -0.3 is 24.2 Å². The molecule has 10 heteroatoms. The molecule has 48 heavy (non-hydrogen) atoms. The van der Waals surface area contributed by atoms with Crippen molar-refractivity contribution >= 4 is 17.4 Å². The van der Waals surface area contributed by atoms with Gasteiger partial charge in [0.15, 0.2) is 17.9 Å². The number of hydrogen-bond acceptors (Lipinski definition) is 7. The fraction of sp³-hybridized carbons (Fsp3) is 0.395. The predicted molar refractivity (Wildman–Crippen MR) is 185 cm³/mol. The Morgan fingerprint density at radius 1 is 1.19 bits per heavy atom. The standard InChI is InChI=1S/C38H43FN4O5/c1-9-20-46-38(8)16-18-42(19-17-38)35-33(34(36(44)45)48-37(5,6)7)25(4)40-32-23-30(41-43(32)35)27-13-11-12-26(21-27)29-15-14-28(39)22-31(29)47-24(3)10-2/h2,9,11-15,21-24,34H,1,16-20H2,3-8H3,(H,44,45)/t24-,34?/m0/s1. The third-order valence-corrected chi connectivity index (χ3v) is 8.38. The number of terminal acetylenes is 1. The zero-order valence-electron chi connectivity index (χ0n) is 28.4. The molecule has 5 rings (SSSR count). The van der Waals surface area contributed by atoms with Gasteiger partial charge in [0, 0.05) is 42.0 Å². The number of carboxylic acids is 1. The van der Waals surface area contributed by atoms with Gasteiger partial charge in [-0.25, -0.2) is 14.2 Å². The first-order chi connectivity index (χ1) is 22.7. The molecule has 252 valence electrons. The van der Waals surface area contributed by atoms with E-state index in [-0.39, 0.29) is 5.60 Å². The van der Waals surface area contributed by atoms with Gasteiger partial charge >= 0.3 is 5.97 Å². The molecule has 1 N–H and O–H groups in total. The van der Waals surface area contributed by atoms with E-state index in [1.165, 1.54) is 12.1 Å². The van der Waals surface area contributed by atoms with E-state index in [0.29, 0.717) is 59.4 Å². The number of anilines is 1. The highest BCUT2D eigenvalue weighted by molar-refractivity contribution is 5.80. The Bertz CT molecular complexity index is 1860. The first-order valence-electron chi connectivity index (χ1n) is 16.1. The summed E-state index contributed by atoms with van der Waals surface area (Å²) in [6.45, 7) is 16.6. The highest BCUT2D eigenvalue weighted by atomic mass is 19.1. The molecule has 1 unspecified atom stereocenters. The number of aliphatic carboxylic acids is 1. The lowest BCUT2D eigenvalue weighted by atomic mass is 9.92. The number of aromatic nitrogens is 3. The molecule has 1 aliphatic rings. The van der Waals surface area contributed by atoms with Crippen molar-refractivity contribution in [2.24, 2.45) is 0 Å². The fourth-order valence-electron chi connectivity index (χ4n) is 5.95. The van der Waals surface area contributed by atoms with Crippen LogP contribution in [0.3, 0.4) is 0 Å². The van der Waals surface area contributed by atoms with Crippen LogP contribution in [0.5, 0.6) is 5.75 Å². The van der Waals surface area contributed by atoms with Crippen molar-refractivity contribution in [1.29, 1.82) is 0 Å². The SMILES string of the molecule is C#C[C@H](C)Oc1cc(F)ccc1-c1cccc(-c2cc3nc(C)c(C(OC(C)(C)C)C(=O)O)c(N4CCC(C)(OCC=C)CC4)n3n2)c1. The third kappa shape index (κ3) is 7.53. The van der Waals surface area contributed by atoms with Gasteiger partial charge in [0.05, 0.1) is 29.1 Å². The van der Waals surface area contributed by atoms with Crippen molar-refractivity contribution in [2.75, 3.05) is 24.6 Å². The van der Waals surface area contributed by atoms with E-state index in [4.69, 9.17) is 30.7 Å². The molecule has 2 aromatic carbocycles. The Hall–Kier alpha value is -4.72. The lowest BCUT2D eigenvalue weighted by Gasteiger charge is -2.41. The quantitative estimate of drug-likeness (QED) is 0.132. The Labute approximate surface area is 281 Å².